The third kappa shape index (κ3) is 3.27. The maximum absolute atomic E-state index is 13.7. The fourth-order valence-electron chi connectivity index (χ4n) is 6.68. The van der Waals surface area contributed by atoms with Crippen molar-refractivity contribution in [3.05, 3.63) is 35.9 Å². The van der Waals surface area contributed by atoms with Crippen LogP contribution < -0.4 is 11.1 Å². The highest BCUT2D eigenvalue weighted by molar-refractivity contribution is 5.94. The molecule has 5 nitrogen and oxygen atoms in total. The molecule has 154 valence electrons. The first kappa shape index (κ1) is 21.3. The molecule has 5 rings (SSSR count). The van der Waals surface area contributed by atoms with Gasteiger partial charge >= 0.3 is 5.97 Å². The minimum atomic E-state index is -0.740. The number of hydrogen-bond acceptors (Lipinski definition) is 5. The van der Waals surface area contributed by atoms with Crippen LogP contribution >= 0.6 is 12.4 Å². The number of carbonyl (C=O) groups excluding carboxylic acids is 2. The van der Waals surface area contributed by atoms with Crippen molar-refractivity contribution >= 4 is 24.2 Å². The molecule has 0 heterocycles. The summed E-state index contributed by atoms with van der Waals surface area (Å²) in [7, 11) is 3.25. The largest absolute Gasteiger partial charge is 0.469 e. The summed E-state index contributed by atoms with van der Waals surface area (Å²) in [6, 6.07) is 9.65. The van der Waals surface area contributed by atoms with Gasteiger partial charge in [0.25, 0.3) is 0 Å². The van der Waals surface area contributed by atoms with Crippen LogP contribution in [-0.2, 0) is 20.7 Å². The van der Waals surface area contributed by atoms with E-state index in [1.165, 1.54) is 7.11 Å². The van der Waals surface area contributed by atoms with E-state index in [-0.39, 0.29) is 30.2 Å². The predicted molar refractivity (Wildman–Crippen MR) is 110 cm³/mol. The Morgan fingerprint density at radius 3 is 2.32 bits per heavy atom. The lowest BCUT2D eigenvalue weighted by Crippen LogP contribution is -2.72. The van der Waals surface area contributed by atoms with E-state index in [2.05, 4.69) is 5.32 Å². The number of ether oxygens (including phenoxy) is 1. The standard InChI is InChI=1S/C22H30N2O3.ClH/c1-24-17(9-14-6-4-3-5-7-14)18(25)19-21(20(26)27-2)10-15-8-16(11-21)13-22(19,23)12-15;/h3-7,15-17,19,24H,8-13,23H2,1-2H3;1H/t15?,16?,17-,19?,21?,22?;/m0./s1. The van der Waals surface area contributed by atoms with E-state index in [4.69, 9.17) is 10.5 Å². The molecule has 1 aromatic rings. The molecule has 3 unspecified atom stereocenters. The number of ketones is 1. The van der Waals surface area contributed by atoms with Gasteiger partial charge in [-0.2, -0.15) is 0 Å². The van der Waals surface area contributed by atoms with Crippen LogP contribution in [0.15, 0.2) is 30.3 Å². The van der Waals surface area contributed by atoms with Crippen molar-refractivity contribution in [3.63, 3.8) is 0 Å². The Hall–Kier alpha value is -1.43. The van der Waals surface area contributed by atoms with Gasteiger partial charge in [-0.3, -0.25) is 9.59 Å². The van der Waals surface area contributed by atoms with Crippen LogP contribution in [0.2, 0.25) is 0 Å². The van der Waals surface area contributed by atoms with Gasteiger partial charge in [-0.1, -0.05) is 30.3 Å². The van der Waals surface area contributed by atoms with Crippen LogP contribution in [0.25, 0.3) is 0 Å². The number of nitrogens with two attached hydrogens (primary N) is 1. The maximum atomic E-state index is 13.7. The van der Waals surface area contributed by atoms with Crippen LogP contribution in [0, 0.1) is 23.2 Å². The molecule has 0 saturated heterocycles. The number of nitrogens with one attached hydrogen (secondary N) is 1. The maximum Gasteiger partial charge on any atom is 0.312 e. The Bertz CT molecular complexity index is 725. The van der Waals surface area contributed by atoms with Crippen molar-refractivity contribution in [2.45, 2.75) is 50.1 Å². The summed E-state index contributed by atoms with van der Waals surface area (Å²) in [5.41, 5.74) is 6.66. The van der Waals surface area contributed by atoms with Crippen molar-refractivity contribution in [2.75, 3.05) is 14.2 Å². The Kier molecular flexibility index (Phi) is 5.91. The molecule has 4 fully saturated rings. The zero-order chi connectivity index (χ0) is 19.2. The summed E-state index contributed by atoms with van der Waals surface area (Å²) in [5, 5.41) is 3.19. The van der Waals surface area contributed by atoms with Crippen LogP contribution in [0.3, 0.4) is 0 Å². The lowest BCUT2D eigenvalue weighted by atomic mass is 9.41. The van der Waals surface area contributed by atoms with E-state index in [0.29, 0.717) is 18.3 Å². The summed E-state index contributed by atoms with van der Waals surface area (Å²) >= 11 is 0. The molecule has 3 N–H and O–H groups in total. The molecule has 4 bridgehead atoms. The molecular formula is C22H31ClN2O3. The molecule has 4 atom stereocenters. The van der Waals surface area contributed by atoms with Gasteiger partial charge in [-0.05, 0) is 63.0 Å². The summed E-state index contributed by atoms with van der Waals surface area (Å²) in [5.74, 6) is 0.249. The Morgan fingerprint density at radius 2 is 1.79 bits per heavy atom. The second-order valence-corrected chi connectivity index (χ2v) is 9.03. The first-order chi connectivity index (χ1) is 12.9. The zero-order valence-electron chi connectivity index (χ0n) is 16.6. The average Bonchev–Trinajstić information content (AvgIpc) is 2.64. The highest BCUT2D eigenvalue weighted by Crippen LogP contribution is 2.64. The number of hydrogen-bond donors (Lipinski definition) is 2. The number of esters is 1. The van der Waals surface area contributed by atoms with E-state index in [1.54, 1.807) is 0 Å². The van der Waals surface area contributed by atoms with Crippen molar-refractivity contribution in [1.29, 1.82) is 0 Å². The van der Waals surface area contributed by atoms with Gasteiger partial charge in [0.15, 0.2) is 5.78 Å². The van der Waals surface area contributed by atoms with Crippen LogP contribution in [-0.4, -0.2) is 37.5 Å². The molecule has 4 aliphatic carbocycles. The molecule has 1 aromatic carbocycles. The SMILES string of the molecule is CN[C@@H](Cc1ccccc1)C(=O)C1C2(N)CC3CC(C2)CC1(C(=O)OC)C3.Cl. The molecule has 4 aliphatic rings. The van der Waals surface area contributed by atoms with Crippen LogP contribution in [0.1, 0.15) is 37.7 Å². The van der Waals surface area contributed by atoms with E-state index < -0.39 is 16.9 Å². The molecular weight excluding hydrogens is 376 g/mol. The third-order valence-electron chi connectivity index (χ3n) is 7.29. The van der Waals surface area contributed by atoms with Gasteiger partial charge < -0.3 is 15.8 Å². The first-order valence-corrected chi connectivity index (χ1v) is 10.0. The summed E-state index contributed by atoms with van der Waals surface area (Å²) in [6.45, 7) is 0. The van der Waals surface area contributed by atoms with Crippen molar-refractivity contribution in [1.82, 2.24) is 5.32 Å². The monoisotopic (exact) mass is 406 g/mol. The van der Waals surface area contributed by atoms with Gasteiger partial charge in [0, 0.05) is 5.54 Å². The Labute approximate surface area is 173 Å². The summed E-state index contributed by atoms with van der Waals surface area (Å²) in [6.07, 6.45) is 4.92. The molecule has 0 amide bonds. The fraction of sp³-hybridized carbons (Fsp3) is 0.636. The summed E-state index contributed by atoms with van der Waals surface area (Å²) < 4.78 is 5.23. The van der Waals surface area contributed by atoms with E-state index in [9.17, 15) is 9.59 Å². The van der Waals surface area contributed by atoms with Gasteiger partial charge in [-0.15, -0.1) is 12.4 Å². The molecule has 0 aliphatic heterocycles. The highest BCUT2D eigenvalue weighted by Gasteiger charge is 2.68. The lowest BCUT2D eigenvalue weighted by Gasteiger charge is -2.63. The van der Waals surface area contributed by atoms with E-state index in [1.807, 2.05) is 37.4 Å². The molecule has 6 heteroatoms. The third-order valence-corrected chi connectivity index (χ3v) is 7.29. The molecule has 0 spiro atoms. The normalized spacial score (nSPS) is 36.5. The second-order valence-electron chi connectivity index (χ2n) is 9.03. The second kappa shape index (κ2) is 7.77. The molecule has 28 heavy (non-hydrogen) atoms. The Balaban J connectivity index is 0.00000225. The van der Waals surface area contributed by atoms with E-state index >= 15 is 0 Å². The number of likely N-dealkylation sites (N-methyl/N-ethyl adjacent to an activating group) is 1. The number of halogens is 1. The quantitative estimate of drug-likeness (QED) is 0.709. The topological polar surface area (TPSA) is 81.4 Å². The zero-order valence-corrected chi connectivity index (χ0v) is 17.5. The van der Waals surface area contributed by atoms with Crippen LogP contribution in [0.4, 0.5) is 0 Å². The van der Waals surface area contributed by atoms with Crippen molar-refractivity contribution in [2.24, 2.45) is 28.9 Å². The van der Waals surface area contributed by atoms with Gasteiger partial charge in [0.2, 0.25) is 0 Å². The number of Topliss-reactive ketones (excluding diaryl/α,β-unsaturated/α-hetero) is 1. The fourth-order valence-corrected chi connectivity index (χ4v) is 6.68. The highest BCUT2D eigenvalue weighted by atomic mass is 35.5. The van der Waals surface area contributed by atoms with Gasteiger partial charge in [0.1, 0.15) is 0 Å². The average molecular weight is 407 g/mol. The van der Waals surface area contributed by atoms with Crippen molar-refractivity contribution < 1.29 is 14.3 Å². The van der Waals surface area contributed by atoms with E-state index in [0.717, 1.165) is 37.7 Å². The number of rotatable bonds is 6. The predicted octanol–water partition coefficient (Wildman–Crippen LogP) is 2.50. The number of methoxy groups -OCH3 is 1. The minimum absolute atomic E-state index is 0. The van der Waals surface area contributed by atoms with Crippen LogP contribution in [0.5, 0.6) is 0 Å². The molecule has 0 aromatic heterocycles. The minimum Gasteiger partial charge on any atom is -0.469 e. The molecule has 4 saturated carbocycles. The smallest absolute Gasteiger partial charge is 0.312 e. The van der Waals surface area contributed by atoms with Gasteiger partial charge in [0.05, 0.1) is 24.5 Å². The lowest BCUT2D eigenvalue weighted by molar-refractivity contribution is -0.188. The number of benzene rings is 1. The summed E-state index contributed by atoms with van der Waals surface area (Å²) in [4.78, 5) is 26.7. The van der Waals surface area contributed by atoms with Crippen molar-refractivity contribution in [3.8, 4) is 0 Å². The first-order valence-electron chi connectivity index (χ1n) is 10.0. The van der Waals surface area contributed by atoms with Gasteiger partial charge in [-0.25, -0.2) is 0 Å². The molecule has 0 radical (unpaired) electrons. The number of carbonyl (C=O) groups is 2. The Morgan fingerprint density at radius 1 is 1.18 bits per heavy atom.